The lowest BCUT2D eigenvalue weighted by atomic mass is 10.1. The largest absolute Gasteiger partial charge is 0.497 e. The number of alkyl halides is 5. The van der Waals surface area contributed by atoms with E-state index in [1.807, 2.05) is 0 Å². The number of ether oxygens (including phenoxy) is 3. The molecule has 38 heavy (non-hydrogen) atoms. The van der Waals surface area contributed by atoms with Crippen molar-refractivity contribution in [2.24, 2.45) is 0 Å². The molecule has 0 bridgehead atoms. The third kappa shape index (κ3) is 5.57. The maximum atomic E-state index is 14.0. The topological polar surface area (TPSA) is 87.0 Å². The summed E-state index contributed by atoms with van der Waals surface area (Å²) in [4.78, 5) is 17.2. The van der Waals surface area contributed by atoms with Crippen LogP contribution < -0.4 is 19.5 Å². The lowest BCUT2D eigenvalue weighted by molar-refractivity contribution is -0.142. The number of carbonyl (C=O) groups excluding carboxylic acids is 1. The third-order valence-corrected chi connectivity index (χ3v) is 5.47. The highest BCUT2D eigenvalue weighted by molar-refractivity contribution is 6.37. The molecule has 0 unspecified atom stereocenters. The highest BCUT2D eigenvalue weighted by Gasteiger charge is 2.37. The van der Waals surface area contributed by atoms with Gasteiger partial charge in [0, 0.05) is 17.3 Å². The van der Waals surface area contributed by atoms with E-state index in [1.54, 1.807) is 19.1 Å². The van der Waals surface area contributed by atoms with Crippen LogP contribution in [-0.4, -0.2) is 40.8 Å². The number of halogens is 6. The molecule has 1 N–H and O–H groups in total. The van der Waals surface area contributed by atoms with Gasteiger partial charge in [-0.1, -0.05) is 23.7 Å². The van der Waals surface area contributed by atoms with E-state index in [2.05, 4.69) is 20.1 Å². The molecule has 1 amide bonds. The molecule has 4 rings (SSSR count). The average molecular weight is 557 g/mol. The zero-order valence-electron chi connectivity index (χ0n) is 19.6. The number of aromatic nitrogens is 3. The average Bonchev–Trinajstić information content (AvgIpc) is 3.20. The molecule has 0 saturated heterocycles. The number of fused-ring (bicyclic) bond motifs is 1. The van der Waals surface area contributed by atoms with Crippen LogP contribution >= 0.6 is 11.6 Å². The van der Waals surface area contributed by atoms with Crippen LogP contribution in [0.5, 0.6) is 17.2 Å². The fourth-order valence-electron chi connectivity index (χ4n) is 3.51. The Morgan fingerprint density at radius 1 is 1.13 bits per heavy atom. The number of carbonyl (C=O) groups is 1. The van der Waals surface area contributed by atoms with E-state index in [0.717, 1.165) is 12.1 Å². The van der Waals surface area contributed by atoms with Crippen molar-refractivity contribution in [2.45, 2.75) is 19.7 Å². The quantitative estimate of drug-likeness (QED) is 0.255. The molecule has 0 aliphatic carbocycles. The van der Waals surface area contributed by atoms with Crippen LogP contribution in [0.25, 0.3) is 16.9 Å². The van der Waals surface area contributed by atoms with Crippen LogP contribution in [0.3, 0.4) is 0 Å². The van der Waals surface area contributed by atoms with Gasteiger partial charge in [-0.3, -0.25) is 4.79 Å². The maximum Gasteiger partial charge on any atom is 0.433 e. The Balaban J connectivity index is 1.75. The fraction of sp³-hybridized carbons (Fsp3) is 0.208. The van der Waals surface area contributed by atoms with Crippen LogP contribution in [0, 0.1) is 0 Å². The molecule has 2 aromatic carbocycles. The van der Waals surface area contributed by atoms with Gasteiger partial charge in [0.25, 0.3) is 5.91 Å². The summed E-state index contributed by atoms with van der Waals surface area (Å²) in [6.45, 7) is -1.39. The van der Waals surface area contributed by atoms with Crippen molar-refractivity contribution in [1.29, 1.82) is 0 Å². The van der Waals surface area contributed by atoms with Gasteiger partial charge in [-0.2, -0.15) is 27.1 Å². The van der Waals surface area contributed by atoms with E-state index in [1.165, 1.54) is 31.4 Å². The minimum absolute atomic E-state index is 0.0641. The maximum absolute atomic E-state index is 14.0. The molecule has 0 radical (unpaired) electrons. The normalized spacial score (nSPS) is 11.6. The summed E-state index contributed by atoms with van der Waals surface area (Å²) >= 11 is 6.30. The molecule has 0 atom stereocenters. The highest BCUT2D eigenvalue weighted by atomic mass is 35.5. The molecule has 2 heterocycles. The molecule has 0 aliphatic rings. The van der Waals surface area contributed by atoms with E-state index < -0.39 is 40.8 Å². The first-order chi connectivity index (χ1) is 18.0. The van der Waals surface area contributed by atoms with E-state index >= 15 is 0 Å². The van der Waals surface area contributed by atoms with Gasteiger partial charge in [-0.05, 0) is 37.3 Å². The summed E-state index contributed by atoms with van der Waals surface area (Å²) in [7, 11) is 1.41. The van der Waals surface area contributed by atoms with Crippen molar-refractivity contribution in [1.82, 2.24) is 14.6 Å². The van der Waals surface area contributed by atoms with Crippen LogP contribution in [0.1, 0.15) is 23.1 Å². The van der Waals surface area contributed by atoms with Crippen molar-refractivity contribution in [2.75, 3.05) is 19.0 Å². The second-order valence-corrected chi connectivity index (χ2v) is 7.96. The monoisotopic (exact) mass is 556 g/mol. The number of hydrogen-bond donors (Lipinski definition) is 1. The number of hydrogen-bond acceptors (Lipinski definition) is 6. The van der Waals surface area contributed by atoms with E-state index in [0.29, 0.717) is 15.8 Å². The number of rotatable bonds is 8. The van der Waals surface area contributed by atoms with Gasteiger partial charge in [0.2, 0.25) is 0 Å². The third-order valence-electron chi connectivity index (χ3n) is 5.12. The van der Waals surface area contributed by atoms with Gasteiger partial charge in [-0.15, -0.1) is 0 Å². The second kappa shape index (κ2) is 10.7. The van der Waals surface area contributed by atoms with E-state index in [-0.39, 0.29) is 29.5 Å². The molecule has 0 aliphatic heterocycles. The zero-order chi connectivity index (χ0) is 27.6. The minimum atomic E-state index is -4.87. The molecule has 8 nitrogen and oxygen atoms in total. The number of nitrogens with zero attached hydrogens (tertiary/aromatic N) is 3. The molecule has 0 fully saturated rings. The summed E-state index contributed by atoms with van der Waals surface area (Å²) in [5.41, 5.74) is -1.86. The van der Waals surface area contributed by atoms with Gasteiger partial charge in [-0.25, -0.2) is 9.50 Å². The number of benzene rings is 2. The highest BCUT2D eigenvalue weighted by Crippen LogP contribution is 2.36. The first kappa shape index (κ1) is 26.9. The zero-order valence-corrected chi connectivity index (χ0v) is 20.4. The number of nitrogens with one attached hydrogen (secondary N) is 1. The number of amides is 1. The SMILES string of the molecule is CCOc1cc(NC(=O)c2nn3c(C(F)(F)F)cc(-c4cccc(OC)c4)nc3c2Cl)ccc1OC(F)F. The molecule has 0 spiro atoms. The Kier molecular flexibility index (Phi) is 7.58. The van der Waals surface area contributed by atoms with Crippen molar-refractivity contribution in [3.05, 3.63) is 64.9 Å². The van der Waals surface area contributed by atoms with E-state index in [9.17, 15) is 26.7 Å². The second-order valence-electron chi connectivity index (χ2n) is 7.58. The van der Waals surface area contributed by atoms with Gasteiger partial charge in [0.1, 0.15) is 10.8 Å². The first-order valence-electron chi connectivity index (χ1n) is 10.9. The Hall–Kier alpha value is -4.13. The van der Waals surface area contributed by atoms with Crippen LogP contribution in [0.2, 0.25) is 5.02 Å². The van der Waals surface area contributed by atoms with Gasteiger partial charge >= 0.3 is 12.8 Å². The van der Waals surface area contributed by atoms with Gasteiger partial charge in [0.15, 0.2) is 28.5 Å². The summed E-state index contributed by atoms with van der Waals surface area (Å²) in [5.74, 6) is -0.930. The van der Waals surface area contributed by atoms with Gasteiger partial charge < -0.3 is 19.5 Å². The van der Waals surface area contributed by atoms with Crippen LogP contribution in [0.4, 0.5) is 27.6 Å². The molecule has 14 heteroatoms. The molecule has 4 aromatic rings. The molecular formula is C24H18ClF5N4O4. The van der Waals surface area contributed by atoms with Crippen LogP contribution in [0.15, 0.2) is 48.5 Å². The molecule has 200 valence electrons. The Morgan fingerprint density at radius 2 is 1.89 bits per heavy atom. The Bertz CT molecular complexity index is 1490. The van der Waals surface area contributed by atoms with E-state index in [4.69, 9.17) is 21.1 Å². The number of anilines is 1. The standard InChI is InChI=1S/C24H18ClF5N4O4/c1-3-37-17-10-13(7-8-16(17)38-23(26)27)31-22(35)20-19(25)21-32-15(12-5-4-6-14(9-12)36-2)11-18(24(28,29)30)34(21)33-20/h4-11,23H,3H2,1-2H3,(H,31,35). The number of methoxy groups -OCH3 is 1. The van der Waals surface area contributed by atoms with Crippen molar-refractivity contribution < 1.29 is 41.0 Å². The molecule has 0 saturated carbocycles. The smallest absolute Gasteiger partial charge is 0.433 e. The lowest BCUT2D eigenvalue weighted by Gasteiger charge is -2.13. The lowest BCUT2D eigenvalue weighted by Crippen LogP contribution is -2.16. The minimum Gasteiger partial charge on any atom is -0.497 e. The Labute approximate surface area is 216 Å². The van der Waals surface area contributed by atoms with Crippen molar-refractivity contribution in [3.8, 4) is 28.5 Å². The Morgan fingerprint density at radius 3 is 2.55 bits per heavy atom. The predicted octanol–water partition coefficient (Wildman–Crippen LogP) is 6.33. The fourth-order valence-corrected chi connectivity index (χ4v) is 3.75. The van der Waals surface area contributed by atoms with Crippen molar-refractivity contribution >= 4 is 28.8 Å². The predicted molar refractivity (Wildman–Crippen MR) is 127 cm³/mol. The molecule has 2 aromatic heterocycles. The van der Waals surface area contributed by atoms with Crippen LogP contribution in [-0.2, 0) is 6.18 Å². The van der Waals surface area contributed by atoms with Crippen molar-refractivity contribution in [3.63, 3.8) is 0 Å². The summed E-state index contributed by atoms with van der Waals surface area (Å²) < 4.78 is 82.4. The molecular weight excluding hydrogens is 539 g/mol. The first-order valence-corrected chi connectivity index (χ1v) is 11.2. The summed E-state index contributed by atoms with van der Waals surface area (Å²) in [6, 6.07) is 10.6. The van der Waals surface area contributed by atoms with Gasteiger partial charge in [0.05, 0.1) is 19.4 Å². The summed E-state index contributed by atoms with van der Waals surface area (Å²) in [5, 5.41) is 5.75. The summed E-state index contributed by atoms with van der Waals surface area (Å²) in [6.07, 6.45) is -4.87.